The molecule has 0 radical (unpaired) electrons. The van der Waals surface area contributed by atoms with E-state index in [1.54, 1.807) is 24.3 Å². The molecule has 19 heavy (non-hydrogen) atoms. The Morgan fingerprint density at radius 3 is 2.79 bits per heavy atom. The maximum absolute atomic E-state index is 12.0. The van der Waals surface area contributed by atoms with E-state index in [0.29, 0.717) is 17.0 Å². The fourth-order valence-electron chi connectivity index (χ4n) is 1.96. The minimum atomic E-state index is -1.00. The molecule has 4 nitrogen and oxygen atoms in total. The number of aliphatic carboxylic acids is 1. The predicted octanol–water partition coefficient (Wildman–Crippen LogP) is 2.31. The van der Waals surface area contributed by atoms with Crippen LogP contribution in [0.3, 0.4) is 0 Å². The average molecular weight is 259 g/mol. The number of carbonyl (C=O) groups excluding carboxylic acids is 1. The van der Waals surface area contributed by atoms with Gasteiger partial charge in [0, 0.05) is 17.7 Å². The molecule has 1 unspecified atom stereocenters. The van der Waals surface area contributed by atoms with Crippen molar-refractivity contribution >= 4 is 18.0 Å². The first-order valence-electron chi connectivity index (χ1n) is 6.38. The van der Waals surface area contributed by atoms with Gasteiger partial charge in [-0.25, -0.2) is 4.79 Å². The number of hydrogen-bond donors (Lipinski definition) is 2. The number of carboxylic acids is 1. The van der Waals surface area contributed by atoms with Crippen LogP contribution in [0.4, 0.5) is 0 Å². The van der Waals surface area contributed by atoms with Crippen LogP contribution in [0, 0.1) is 5.92 Å². The Morgan fingerprint density at radius 2 is 2.16 bits per heavy atom. The van der Waals surface area contributed by atoms with Gasteiger partial charge in [-0.3, -0.25) is 4.79 Å². The molecule has 0 saturated heterocycles. The standard InChI is InChI=1S/C15H17NO3/c1-10(12-6-7-12)16-15(19)13-4-2-3-11(9-13)5-8-14(17)18/h2-5,8-10,12H,6-7H2,1H3,(H,16,19)(H,17,18)/b8-5+. The summed E-state index contributed by atoms with van der Waals surface area (Å²) in [6.07, 6.45) is 4.90. The van der Waals surface area contributed by atoms with E-state index in [9.17, 15) is 9.59 Å². The molecular formula is C15H17NO3. The first-order valence-corrected chi connectivity index (χ1v) is 6.38. The molecule has 1 aromatic rings. The summed E-state index contributed by atoms with van der Waals surface area (Å²) in [4.78, 5) is 22.5. The lowest BCUT2D eigenvalue weighted by Gasteiger charge is -2.12. The number of carbonyl (C=O) groups is 2. The molecule has 1 saturated carbocycles. The summed E-state index contributed by atoms with van der Waals surface area (Å²) in [6, 6.07) is 7.13. The largest absolute Gasteiger partial charge is 0.478 e. The van der Waals surface area contributed by atoms with Crippen molar-refractivity contribution in [3.8, 4) is 0 Å². The monoisotopic (exact) mass is 259 g/mol. The third-order valence-electron chi connectivity index (χ3n) is 3.26. The van der Waals surface area contributed by atoms with Crippen LogP contribution < -0.4 is 5.32 Å². The fourth-order valence-corrected chi connectivity index (χ4v) is 1.96. The summed E-state index contributed by atoms with van der Waals surface area (Å²) in [5, 5.41) is 11.5. The lowest BCUT2D eigenvalue weighted by atomic mass is 10.1. The maximum atomic E-state index is 12.0. The Hall–Kier alpha value is -2.10. The number of rotatable bonds is 5. The van der Waals surface area contributed by atoms with Crippen LogP contribution in [0.15, 0.2) is 30.3 Å². The van der Waals surface area contributed by atoms with Gasteiger partial charge in [0.05, 0.1) is 0 Å². The Kier molecular flexibility index (Phi) is 4.00. The SMILES string of the molecule is CC(NC(=O)c1cccc(/C=C/C(=O)O)c1)C1CC1. The molecule has 0 spiro atoms. The second-order valence-electron chi connectivity index (χ2n) is 4.90. The molecule has 1 aliphatic rings. The van der Waals surface area contributed by atoms with Crippen molar-refractivity contribution in [1.29, 1.82) is 0 Å². The van der Waals surface area contributed by atoms with Crippen molar-refractivity contribution in [3.63, 3.8) is 0 Å². The van der Waals surface area contributed by atoms with Crippen molar-refractivity contribution in [3.05, 3.63) is 41.5 Å². The van der Waals surface area contributed by atoms with E-state index < -0.39 is 5.97 Å². The van der Waals surface area contributed by atoms with E-state index in [1.807, 2.05) is 6.92 Å². The molecule has 1 aliphatic carbocycles. The topological polar surface area (TPSA) is 66.4 Å². The summed E-state index contributed by atoms with van der Waals surface area (Å²) in [7, 11) is 0. The molecule has 0 heterocycles. The number of hydrogen-bond acceptors (Lipinski definition) is 2. The van der Waals surface area contributed by atoms with Crippen molar-refractivity contribution in [2.75, 3.05) is 0 Å². The first kappa shape index (κ1) is 13.3. The minimum Gasteiger partial charge on any atom is -0.478 e. The lowest BCUT2D eigenvalue weighted by molar-refractivity contribution is -0.131. The summed E-state index contributed by atoms with van der Waals surface area (Å²) >= 11 is 0. The highest BCUT2D eigenvalue weighted by Crippen LogP contribution is 2.32. The summed E-state index contributed by atoms with van der Waals surface area (Å²) in [5.41, 5.74) is 1.26. The fraction of sp³-hybridized carbons (Fsp3) is 0.333. The van der Waals surface area contributed by atoms with E-state index >= 15 is 0 Å². The second kappa shape index (κ2) is 5.69. The maximum Gasteiger partial charge on any atom is 0.328 e. The zero-order valence-electron chi connectivity index (χ0n) is 10.8. The smallest absolute Gasteiger partial charge is 0.328 e. The van der Waals surface area contributed by atoms with Gasteiger partial charge in [0.1, 0.15) is 0 Å². The van der Waals surface area contributed by atoms with E-state index in [1.165, 1.54) is 18.9 Å². The Labute approximate surface area is 112 Å². The molecule has 0 bridgehead atoms. The Bertz CT molecular complexity index is 518. The van der Waals surface area contributed by atoms with E-state index in [4.69, 9.17) is 5.11 Å². The van der Waals surface area contributed by atoms with Gasteiger partial charge < -0.3 is 10.4 Å². The average Bonchev–Trinajstić information content (AvgIpc) is 3.21. The van der Waals surface area contributed by atoms with E-state index in [2.05, 4.69) is 5.32 Å². The van der Waals surface area contributed by atoms with Crippen LogP contribution in [0.2, 0.25) is 0 Å². The van der Waals surface area contributed by atoms with Crippen molar-refractivity contribution < 1.29 is 14.7 Å². The molecule has 0 aromatic heterocycles. The second-order valence-corrected chi connectivity index (χ2v) is 4.90. The molecular weight excluding hydrogens is 242 g/mol. The molecule has 4 heteroatoms. The molecule has 0 aliphatic heterocycles. The van der Waals surface area contributed by atoms with Crippen molar-refractivity contribution in [2.24, 2.45) is 5.92 Å². The van der Waals surface area contributed by atoms with Crippen molar-refractivity contribution in [2.45, 2.75) is 25.8 Å². The number of nitrogens with one attached hydrogen (secondary N) is 1. The van der Waals surface area contributed by atoms with Crippen LogP contribution in [0.5, 0.6) is 0 Å². The first-order chi connectivity index (χ1) is 9.06. The Balaban J connectivity index is 2.04. The highest BCUT2D eigenvalue weighted by atomic mass is 16.4. The van der Waals surface area contributed by atoms with Crippen LogP contribution in [0.25, 0.3) is 6.08 Å². The third kappa shape index (κ3) is 3.95. The van der Waals surface area contributed by atoms with Gasteiger partial charge >= 0.3 is 5.97 Å². The number of benzene rings is 1. The lowest BCUT2D eigenvalue weighted by Crippen LogP contribution is -2.33. The van der Waals surface area contributed by atoms with Crippen LogP contribution >= 0.6 is 0 Å². The van der Waals surface area contributed by atoms with Gasteiger partial charge in [0.2, 0.25) is 0 Å². The molecule has 1 amide bonds. The van der Waals surface area contributed by atoms with Gasteiger partial charge in [-0.2, -0.15) is 0 Å². The number of carboxylic acid groups (broad SMARTS) is 1. The minimum absolute atomic E-state index is 0.107. The van der Waals surface area contributed by atoms with Gasteiger partial charge in [-0.15, -0.1) is 0 Å². The summed E-state index contributed by atoms with van der Waals surface area (Å²) in [6.45, 7) is 2.02. The van der Waals surface area contributed by atoms with Gasteiger partial charge in [-0.05, 0) is 49.5 Å². The van der Waals surface area contributed by atoms with Gasteiger partial charge in [0.25, 0.3) is 5.91 Å². The highest BCUT2D eigenvalue weighted by molar-refractivity contribution is 5.95. The molecule has 1 atom stereocenters. The zero-order chi connectivity index (χ0) is 13.8. The summed E-state index contributed by atoms with van der Waals surface area (Å²) in [5.74, 6) is -0.499. The molecule has 2 N–H and O–H groups in total. The predicted molar refractivity (Wildman–Crippen MR) is 72.8 cm³/mol. The van der Waals surface area contributed by atoms with Gasteiger partial charge in [-0.1, -0.05) is 12.1 Å². The normalized spacial score (nSPS) is 16.3. The highest BCUT2D eigenvalue weighted by Gasteiger charge is 2.28. The Morgan fingerprint density at radius 1 is 1.42 bits per heavy atom. The molecule has 100 valence electrons. The van der Waals surface area contributed by atoms with E-state index in [0.717, 1.165) is 6.08 Å². The zero-order valence-corrected chi connectivity index (χ0v) is 10.8. The summed E-state index contributed by atoms with van der Waals surface area (Å²) < 4.78 is 0. The molecule has 2 rings (SSSR count). The third-order valence-corrected chi connectivity index (χ3v) is 3.26. The quantitative estimate of drug-likeness (QED) is 0.797. The molecule has 1 fully saturated rings. The van der Waals surface area contributed by atoms with Crippen LogP contribution in [0.1, 0.15) is 35.7 Å². The van der Waals surface area contributed by atoms with Crippen LogP contribution in [-0.2, 0) is 4.79 Å². The van der Waals surface area contributed by atoms with Crippen molar-refractivity contribution in [1.82, 2.24) is 5.32 Å². The van der Waals surface area contributed by atoms with Gasteiger partial charge in [0.15, 0.2) is 0 Å². The van der Waals surface area contributed by atoms with E-state index in [-0.39, 0.29) is 11.9 Å². The van der Waals surface area contributed by atoms with Crippen LogP contribution in [-0.4, -0.2) is 23.0 Å². The number of amides is 1. The molecule has 1 aromatic carbocycles.